The average molecular weight is 490 g/mol. The van der Waals surface area contributed by atoms with Gasteiger partial charge in [-0.15, -0.1) is 0 Å². The highest BCUT2D eigenvalue weighted by Crippen LogP contribution is 2.37. The molecule has 3 atom stereocenters. The Balaban J connectivity index is 1.53. The van der Waals surface area contributed by atoms with Crippen molar-refractivity contribution >= 4 is 39.9 Å². The summed E-state index contributed by atoms with van der Waals surface area (Å²) in [5, 5.41) is 13.7. The highest BCUT2D eigenvalue weighted by molar-refractivity contribution is 7.17. The second-order valence-corrected chi connectivity index (χ2v) is 9.60. The van der Waals surface area contributed by atoms with E-state index in [1.807, 2.05) is 0 Å². The molecule has 11 heteroatoms. The number of thiazole rings is 1. The predicted octanol–water partition coefficient (Wildman–Crippen LogP) is 4.37. The summed E-state index contributed by atoms with van der Waals surface area (Å²) < 4.78 is 30.9. The molecule has 0 spiro atoms. The van der Waals surface area contributed by atoms with Crippen molar-refractivity contribution < 1.29 is 18.7 Å². The van der Waals surface area contributed by atoms with Gasteiger partial charge in [-0.2, -0.15) is 4.39 Å². The minimum Gasteiger partial charge on any atom is -0.393 e. The number of imidazole rings is 1. The number of fused-ring (bicyclic) bond motifs is 1. The largest absolute Gasteiger partial charge is 0.393 e. The molecule has 1 amide bonds. The van der Waals surface area contributed by atoms with E-state index in [0.29, 0.717) is 40.5 Å². The van der Waals surface area contributed by atoms with E-state index in [1.54, 1.807) is 22.8 Å². The molecule has 0 aliphatic heterocycles. The molecule has 3 aromatic heterocycles. The number of rotatable bonds is 4. The summed E-state index contributed by atoms with van der Waals surface area (Å²) in [7, 11) is 0. The second kappa shape index (κ2) is 8.77. The van der Waals surface area contributed by atoms with Crippen LogP contribution in [-0.4, -0.2) is 42.7 Å². The minimum absolute atomic E-state index is 0.227. The van der Waals surface area contributed by atoms with Crippen LogP contribution in [0.25, 0.3) is 22.4 Å². The van der Waals surface area contributed by atoms with E-state index < -0.39 is 17.9 Å². The van der Waals surface area contributed by atoms with E-state index in [4.69, 9.17) is 11.6 Å². The lowest BCUT2D eigenvalue weighted by Gasteiger charge is -2.34. The number of carbonyl (C=O) groups is 1. The van der Waals surface area contributed by atoms with Gasteiger partial charge in [0.1, 0.15) is 21.5 Å². The van der Waals surface area contributed by atoms with Crippen LogP contribution in [0.5, 0.6) is 0 Å². The van der Waals surface area contributed by atoms with Gasteiger partial charge in [-0.05, 0) is 31.4 Å². The Kier molecular flexibility index (Phi) is 5.81. The van der Waals surface area contributed by atoms with Gasteiger partial charge in [0, 0.05) is 18.2 Å². The molecule has 1 aromatic carbocycles. The smallest absolute Gasteiger partial charge is 0.280 e. The van der Waals surface area contributed by atoms with Crippen LogP contribution in [0.4, 0.5) is 8.78 Å². The molecule has 4 aromatic rings. The van der Waals surface area contributed by atoms with Crippen molar-refractivity contribution in [3.63, 3.8) is 0 Å². The standard InChI is InChI=1S/C22H18ClF2N5O2S/c23-18-10-27-22(33-18)21(32)28-11-5-12(7-13(31)6-11)30-17-8-19(25)26-9-16(17)29-20(30)14-3-1-2-4-15(14)24/h1-4,8-13,31H,5-7H2,(H,28,32)/t11-,12+,13+/m0/s1. The Morgan fingerprint density at radius 3 is 2.76 bits per heavy atom. The molecule has 2 N–H and O–H groups in total. The lowest BCUT2D eigenvalue weighted by molar-refractivity contribution is 0.0747. The third-order valence-electron chi connectivity index (χ3n) is 5.69. The van der Waals surface area contributed by atoms with Crippen LogP contribution < -0.4 is 5.32 Å². The molecule has 1 aliphatic carbocycles. The number of aliphatic hydroxyl groups is 1. The number of halogens is 3. The third kappa shape index (κ3) is 4.33. The number of aliphatic hydroxyl groups excluding tert-OH is 1. The maximum absolute atomic E-state index is 14.7. The van der Waals surface area contributed by atoms with Crippen molar-refractivity contribution in [1.82, 2.24) is 24.8 Å². The van der Waals surface area contributed by atoms with Crippen LogP contribution in [0.2, 0.25) is 4.34 Å². The normalized spacial score (nSPS) is 20.8. The first kappa shape index (κ1) is 21.9. The summed E-state index contributed by atoms with van der Waals surface area (Å²) >= 11 is 6.94. The van der Waals surface area contributed by atoms with E-state index in [1.165, 1.54) is 24.5 Å². The molecule has 170 valence electrons. The Bertz CT molecular complexity index is 1340. The SMILES string of the molecule is O=C(N[C@@H]1C[C@@H](O)C[C@H](n2c(-c3ccccc3F)nc3cnc(F)cc32)C1)c1ncc(Cl)s1. The highest BCUT2D eigenvalue weighted by Gasteiger charge is 2.33. The topological polar surface area (TPSA) is 92.9 Å². The minimum atomic E-state index is -0.730. The van der Waals surface area contributed by atoms with Crippen LogP contribution >= 0.6 is 22.9 Å². The van der Waals surface area contributed by atoms with Gasteiger partial charge in [-0.1, -0.05) is 35.1 Å². The number of benzene rings is 1. The molecule has 3 heterocycles. The zero-order valence-electron chi connectivity index (χ0n) is 17.1. The first-order chi connectivity index (χ1) is 15.9. The maximum Gasteiger partial charge on any atom is 0.280 e. The number of amides is 1. The highest BCUT2D eigenvalue weighted by atomic mass is 35.5. The summed E-state index contributed by atoms with van der Waals surface area (Å²) in [6.07, 6.45) is 3.09. The van der Waals surface area contributed by atoms with E-state index in [0.717, 1.165) is 11.3 Å². The van der Waals surface area contributed by atoms with Crippen LogP contribution in [0, 0.1) is 11.8 Å². The average Bonchev–Trinajstić information content (AvgIpc) is 3.37. The molecule has 0 radical (unpaired) electrons. The van der Waals surface area contributed by atoms with Crippen LogP contribution in [0.3, 0.4) is 0 Å². The van der Waals surface area contributed by atoms with Crippen molar-refractivity contribution in [3.05, 3.63) is 63.8 Å². The van der Waals surface area contributed by atoms with E-state index in [2.05, 4.69) is 20.3 Å². The monoisotopic (exact) mass is 489 g/mol. The lowest BCUT2D eigenvalue weighted by Crippen LogP contribution is -2.43. The maximum atomic E-state index is 14.7. The summed E-state index contributed by atoms with van der Waals surface area (Å²) in [4.78, 5) is 24.8. The third-order valence-corrected chi connectivity index (χ3v) is 6.80. The number of nitrogens with one attached hydrogen (secondary N) is 1. The summed E-state index contributed by atoms with van der Waals surface area (Å²) in [6.45, 7) is 0. The predicted molar refractivity (Wildman–Crippen MR) is 120 cm³/mol. The fourth-order valence-corrected chi connectivity index (χ4v) is 5.19. The van der Waals surface area contributed by atoms with Gasteiger partial charge in [-0.25, -0.2) is 19.3 Å². The number of hydrogen-bond donors (Lipinski definition) is 2. The van der Waals surface area contributed by atoms with Crippen molar-refractivity contribution in [2.75, 3.05) is 0 Å². The molecule has 1 saturated carbocycles. The van der Waals surface area contributed by atoms with Crippen molar-refractivity contribution in [2.24, 2.45) is 0 Å². The van der Waals surface area contributed by atoms with Gasteiger partial charge >= 0.3 is 0 Å². The number of hydrogen-bond acceptors (Lipinski definition) is 6. The van der Waals surface area contributed by atoms with Crippen LogP contribution in [0.15, 0.2) is 42.7 Å². The molecule has 7 nitrogen and oxygen atoms in total. The van der Waals surface area contributed by atoms with E-state index in [-0.39, 0.29) is 28.6 Å². The molecule has 5 rings (SSSR count). The first-order valence-electron chi connectivity index (χ1n) is 10.3. The van der Waals surface area contributed by atoms with Crippen molar-refractivity contribution in [2.45, 2.75) is 37.5 Å². The van der Waals surface area contributed by atoms with E-state index >= 15 is 0 Å². The van der Waals surface area contributed by atoms with E-state index in [9.17, 15) is 18.7 Å². The fraction of sp³-hybridized carbons (Fsp3) is 0.273. The summed E-state index contributed by atoms with van der Waals surface area (Å²) in [5.41, 5.74) is 1.11. The number of nitrogens with zero attached hydrogens (tertiary/aromatic N) is 4. The Labute approximate surface area is 196 Å². The zero-order chi connectivity index (χ0) is 23.1. The quantitative estimate of drug-likeness (QED) is 0.415. The van der Waals surface area contributed by atoms with Gasteiger partial charge in [-0.3, -0.25) is 4.79 Å². The molecular weight excluding hydrogens is 472 g/mol. The Morgan fingerprint density at radius 2 is 2.00 bits per heavy atom. The van der Waals surface area contributed by atoms with Crippen molar-refractivity contribution in [3.8, 4) is 11.4 Å². The molecular formula is C22H18ClF2N5O2S. The van der Waals surface area contributed by atoms with Gasteiger partial charge in [0.05, 0.1) is 29.6 Å². The Hall–Kier alpha value is -2.95. The molecule has 0 unspecified atom stereocenters. The molecule has 0 saturated heterocycles. The number of aromatic nitrogens is 4. The fourth-order valence-electron chi connectivity index (χ4n) is 4.37. The zero-order valence-corrected chi connectivity index (χ0v) is 18.7. The summed E-state index contributed by atoms with van der Waals surface area (Å²) in [5.74, 6) is -1.23. The van der Waals surface area contributed by atoms with Crippen LogP contribution in [-0.2, 0) is 0 Å². The van der Waals surface area contributed by atoms with Gasteiger partial charge < -0.3 is 15.0 Å². The van der Waals surface area contributed by atoms with Gasteiger partial charge in [0.15, 0.2) is 5.01 Å². The molecule has 33 heavy (non-hydrogen) atoms. The van der Waals surface area contributed by atoms with Gasteiger partial charge in [0.25, 0.3) is 5.91 Å². The van der Waals surface area contributed by atoms with Crippen LogP contribution in [0.1, 0.15) is 35.1 Å². The Morgan fingerprint density at radius 1 is 1.18 bits per heavy atom. The first-order valence-corrected chi connectivity index (χ1v) is 11.5. The number of carbonyl (C=O) groups excluding carboxylic acids is 1. The molecule has 1 aliphatic rings. The lowest BCUT2D eigenvalue weighted by atomic mass is 9.88. The molecule has 0 bridgehead atoms. The van der Waals surface area contributed by atoms with Crippen molar-refractivity contribution in [1.29, 1.82) is 0 Å². The number of pyridine rings is 1. The molecule has 1 fully saturated rings. The van der Waals surface area contributed by atoms with Gasteiger partial charge in [0.2, 0.25) is 5.95 Å². The second-order valence-electron chi connectivity index (χ2n) is 7.94. The summed E-state index contributed by atoms with van der Waals surface area (Å²) in [6, 6.07) is 6.69.